The fourth-order valence-electron chi connectivity index (χ4n) is 1.36. The first-order valence-electron chi connectivity index (χ1n) is 4.86. The second kappa shape index (κ2) is 5.29. The minimum atomic E-state index is -0.538. The van der Waals surface area contributed by atoms with Gasteiger partial charge < -0.3 is 11.1 Å². The number of hydrogen-bond donors (Lipinski definition) is 2. The van der Waals surface area contributed by atoms with Gasteiger partial charge in [0.25, 0.3) is 0 Å². The average Bonchev–Trinajstić information content (AvgIpc) is 2.81. The standard InChI is InChI=1S/C11H10BrN3OS/c12-7-1-3-8(4-2-7)15-10(11(13)16)9-5-14-6-17-9/h1-6,10,15H,(H2,13,16). The molecule has 4 nitrogen and oxygen atoms in total. The van der Waals surface area contributed by atoms with Gasteiger partial charge in [0.1, 0.15) is 6.04 Å². The first kappa shape index (κ1) is 12.1. The molecule has 3 N–H and O–H groups in total. The third-order valence-electron chi connectivity index (χ3n) is 2.18. The highest BCUT2D eigenvalue weighted by molar-refractivity contribution is 9.10. The average molecular weight is 312 g/mol. The van der Waals surface area contributed by atoms with Crippen LogP contribution in [-0.2, 0) is 4.79 Å². The Morgan fingerprint density at radius 1 is 1.41 bits per heavy atom. The molecule has 0 aliphatic heterocycles. The molecule has 17 heavy (non-hydrogen) atoms. The first-order valence-corrected chi connectivity index (χ1v) is 6.54. The zero-order chi connectivity index (χ0) is 12.3. The molecular weight excluding hydrogens is 302 g/mol. The van der Waals surface area contributed by atoms with Gasteiger partial charge in [-0.2, -0.15) is 0 Å². The van der Waals surface area contributed by atoms with Crippen molar-refractivity contribution < 1.29 is 4.79 Å². The van der Waals surface area contributed by atoms with Crippen molar-refractivity contribution >= 4 is 38.9 Å². The Bertz CT molecular complexity index is 498. The molecule has 1 unspecified atom stereocenters. The largest absolute Gasteiger partial charge is 0.369 e. The van der Waals surface area contributed by atoms with E-state index in [1.54, 1.807) is 11.7 Å². The highest BCUT2D eigenvalue weighted by atomic mass is 79.9. The van der Waals surface area contributed by atoms with Crippen molar-refractivity contribution in [1.82, 2.24) is 4.98 Å². The molecule has 1 atom stereocenters. The number of rotatable bonds is 4. The molecule has 0 radical (unpaired) electrons. The highest BCUT2D eigenvalue weighted by Crippen LogP contribution is 2.23. The molecule has 1 amide bonds. The van der Waals surface area contributed by atoms with E-state index >= 15 is 0 Å². The van der Waals surface area contributed by atoms with Crippen LogP contribution in [0.1, 0.15) is 10.9 Å². The zero-order valence-corrected chi connectivity index (χ0v) is 11.2. The second-order valence-electron chi connectivity index (χ2n) is 3.39. The molecule has 1 aromatic heterocycles. The Morgan fingerprint density at radius 2 is 2.12 bits per heavy atom. The number of benzene rings is 1. The predicted molar refractivity (Wildman–Crippen MR) is 71.8 cm³/mol. The van der Waals surface area contributed by atoms with Gasteiger partial charge in [0.2, 0.25) is 5.91 Å². The molecule has 2 aromatic rings. The van der Waals surface area contributed by atoms with Crippen molar-refractivity contribution in [2.75, 3.05) is 5.32 Å². The summed E-state index contributed by atoms with van der Waals surface area (Å²) in [4.78, 5) is 16.1. The number of thiazole rings is 1. The van der Waals surface area contributed by atoms with E-state index in [0.29, 0.717) is 0 Å². The van der Waals surface area contributed by atoms with E-state index in [-0.39, 0.29) is 0 Å². The third-order valence-corrected chi connectivity index (χ3v) is 3.54. The van der Waals surface area contributed by atoms with Gasteiger partial charge in [-0.3, -0.25) is 9.78 Å². The fraction of sp³-hybridized carbons (Fsp3) is 0.0909. The molecule has 0 saturated heterocycles. The Kier molecular flexibility index (Phi) is 3.75. The second-order valence-corrected chi connectivity index (χ2v) is 5.22. The van der Waals surface area contributed by atoms with Crippen LogP contribution >= 0.6 is 27.3 Å². The number of halogens is 1. The molecule has 0 saturated carbocycles. The summed E-state index contributed by atoms with van der Waals surface area (Å²) in [6, 6.07) is 7.01. The van der Waals surface area contributed by atoms with Crippen LogP contribution in [0.25, 0.3) is 0 Å². The van der Waals surface area contributed by atoms with Crippen LogP contribution in [0.15, 0.2) is 40.4 Å². The Balaban J connectivity index is 2.19. The topological polar surface area (TPSA) is 68.0 Å². The Morgan fingerprint density at radius 3 is 2.65 bits per heavy atom. The number of carbonyl (C=O) groups excluding carboxylic acids is 1. The number of primary amides is 1. The molecule has 1 aromatic carbocycles. The summed E-state index contributed by atoms with van der Waals surface area (Å²) in [5.41, 5.74) is 7.89. The lowest BCUT2D eigenvalue weighted by Crippen LogP contribution is -2.26. The highest BCUT2D eigenvalue weighted by Gasteiger charge is 2.18. The summed E-state index contributed by atoms with van der Waals surface area (Å²) in [5.74, 6) is -0.419. The molecule has 2 rings (SSSR count). The van der Waals surface area contributed by atoms with Crippen LogP contribution in [0.4, 0.5) is 5.69 Å². The number of aromatic nitrogens is 1. The number of nitrogens with zero attached hydrogens (tertiary/aromatic N) is 1. The molecule has 1 heterocycles. The van der Waals surface area contributed by atoms with Crippen LogP contribution in [0.3, 0.4) is 0 Å². The number of amides is 1. The van der Waals surface area contributed by atoms with Crippen molar-refractivity contribution in [2.45, 2.75) is 6.04 Å². The van der Waals surface area contributed by atoms with Crippen LogP contribution < -0.4 is 11.1 Å². The first-order chi connectivity index (χ1) is 8.16. The van der Waals surface area contributed by atoms with E-state index in [1.807, 2.05) is 24.3 Å². The maximum Gasteiger partial charge on any atom is 0.245 e. The Hall–Kier alpha value is -1.40. The third kappa shape index (κ3) is 3.04. The molecule has 0 bridgehead atoms. The van der Waals surface area contributed by atoms with Crippen LogP contribution in [0.5, 0.6) is 0 Å². The number of carbonyl (C=O) groups is 1. The molecule has 6 heteroatoms. The van der Waals surface area contributed by atoms with E-state index in [2.05, 4.69) is 26.2 Å². The summed E-state index contributed by atoms with van der Waals surface area (Å²) >= 11 is 4.75. The van der Waals surface area contributed by atoms with Gasteiger partial charge >= 0.3 is 0 Å². The maximum absolute atomic E-state index is 11.4. The van der Waals surface area contributed by atoms with Crippen molar-refractivity contribution in [1.29, 1.82) is 0 Å². The maximum atomic E-state index is 11.4. The molecule has 0 aliphatic rings. The van der Waals surface area contributed by atoms with Gasteiger partial charge in [0, 0.05) is 16.4 Å². The lowest BCUT2D eigenvalue weighted by atomic mass is 10.2. The minimum absolute atomic E-state index is 0.419. The smallest absolute Gasteiger partial charge is 0.245 e. The van der Waals surface area contributed by atoms with Gasteiger partial charge in [-0.05, 0) is 24.3 Å². The summed E-state index contributed by atoms with van der Waals surface area (Å²) in [5, 5.41) is 3.08. The SMILES string of the molecule is NC(=O)C(Nc1ccc(Br)cc1)c1cncs1. The van der Waals surface area contributed by atoms with Gasteiger partial charge in [0.15, 0.2) is 0 Å². The number of hydrogen-bond acceptors (Lipinski definition) is 4. The quantitative estimate of drug-likeness (QED) is 0.911. The predicted octanol–water partition coefficient (Wildman–Crippen LogP) is 2.54. The minimum Gasteiger partial charge on any atom is -0.369 e. The lowest BCUT2D eigenvalue weighted by Gasteiger charge is -2.14. The Labute approximate surface area is 111 Å². The molecule has 0 fully saturated rings. The normalized spacial score (nSPS) is 12.1. The van der Waals surface area contributed by atoms with E-state index in [1.165, 1.54) is 11.3 Å². The zero-order valence-electron chi connectivity index (χ0n) is 8.76. The fourth-order valence-corrected chi connectivity index (χ4v) is 2.30. The van der Waals surface area contributed by atoms with E-state index in [0.717, 1.165) is 15.0 Å². The van der Waals surface area contributed by atoms with Crippen molar-refractivity contribution in [3.63, 3.8) is 0 Å². The monoisotopic (exact) mass is 311 g/mol. The van der Waals surface area contributed by atoms with Crippen molar-refractivity contribution in [2.24, 2.45) is 5.73 Å². The summed E-state index contributed by atoms with van der Waals surface area (Å²) in [6.45, 7) is 0. The van der Waals surface area contributed by atoms with Gasteiger partial charge in [-0.15, -0.1) is 11.3 Å². The summed E-state index contributed by atoms with van der Waals surface area (Å²) in [7, 11) is 0. The number of nitrogens with two attached hydrogens (primary N) is 1. The van der Waals surface area contributed by atoms with Crippen LogP contribution in [0.2, 0.25) is 0 Å². The van der Waals surface area contributed by atoms with Crippen LogP contribution in [0, 0.1) is 0 Å². The van der Waals surface area contributed by atoms with Gasteiger partial charge in [-0.25, -0.2) is 0 Å². The van der Waals surface area contributed by atoms with Crippen LogP contribution in [-0.4, -0.2) is 10.9 Å². The van der Waals surface area contributed by atoms with Gasteiger partial charge in [0.05, 0.1) is 10.4 Å². The van der Waals surface area contributed by atoms with Gasteiger partial charge in [-0.1, -0.05) is 15.9 Å². The van der Waals surface area contributed by atoms with E-state index < -0.39 is 11.9 Å². The molecule has 0 spiro atoms. The number of anilines is 1. The number of nitrogens with one attached hydrogen (secondary N) is 1. The lowest BCUT2D eigenvalue weighted by molar-refractivity contribution is -0.118. The summed E-state index contributed by atoms with van der Waals surface area (Å²) in [6.07, 6.45) is 1.64. The summed E-state index contributed by atoms with van der Waals surface area (Å²) < 4.78 is 0.983. The van der Waals surface area contributed by atoms with Crippen molar-refractivity contribution in [3.05, 3.63) is 45.3 Å². The molecule has 88 valence electrons. The molecule has 0 aliphatic carbocycles. The van der Waals surface area contributed by atoms with E-state index in [4.69, 9.17) is 5.73 Å². The van der Waals surface area contributed by atoms with E-state index in [9.17, 15) is 4.79 Å². The van der Waals surface area contributed by atoms with Crippen molar-refractivity contribution in [3.8, 4) is 0 Å². The molecular formula is C11H10BrN3OS.